The predicted octanol–water partition coefficient (Wildman–Crippen LogP) is 9.60. The normalized spacial score (nSPS) is 12.7. The molecule has 0 aliphatic heterocycles. The Kier molecular flexibility index (Phi) is 18.7. The molecular weight excluding hydrogens is 793 g/mol. The molecule has 0 saturated heterocycles. The van der Waals surface area contributed by atoms with Crippen molar-refractivity contribution in [2.24, 2.45) is 0 Å². The van der Waals surface area contributed by atoms with Crippen LogP contribution in [0.25, 0.3) is 0 Å². The summed E-state index contributed by atoms with van der Waals surface area (Å²) in [7, 11) is 4.16. The molecule has 0 fully saturated rings. The van der Waals surface area contributed by atoms with Crippen molar-refractivity contribution in [1.29, 1.82) is 0 Å². The summed E-state index contributed by atoms with van der Waals surface area (Å²) in [5.41, 5.74) is 3.44. The van der Waals surface area contributed by atoms with E-state index in [0.29, 0.717) is 84.1 Å². The van der Waals surface area contributed by atoms with Gasteiger partial charge in [0.25, 0.3) is 0 Å². The Hall–Kier alpha value is -4.88. The number of aliphatic hydroxyl groups is 2. The molecule has 0 aliphatic rings. The lowest BCUT2D eigenvalue weighted by molar-refractivity contribution is -0.121. The Morgan fingerprint density at radius 2 is 0.984 bits per heavy atom. The van der Waals surface area contributed by atoms with Gasteiger partial charge in [0.15, 0.2) is 42.9 Å². The minimum absolute atomic E-state index is 0.0559. The van der Waals surface area contributed by atoms with Crippen LogP contribution in [0.5, 0.6) is 34.5 Å². The van der Waals surface area contributed by atoms with E-state index in [1.165, 1.54) is 0 Å². The van der Waals surface area contributed by atoms with Crippen LogP contribution in [0.3, 0.4) is 0 Å². The monoisotopic (exact) mass is 858 g/mol. The number of carbonyl (C=O) groups is 2. The molecule has 0 amide bonds. The Morgan fingerprint density at radius 1 is 0.574 bits per heavy atom. The van der Waals surface area contributed by atoms with Gasteiger partial charge in [0.2, 0.25) is 0 Å². The van der Waals surface area contributed by atoms with E-state index in [1.54, 1.807) is 52.7 Å². The van der Waals surface area contributed by atoms with Crippen LogP contribution in [0.4, 0.5) is 0 Å². The van der Waals surface area contributed by atoms with Crippen molar-refractivity contribution in [3.8, 4) is 34.5 Å². The van der Waals surface area contributed by atoms with Gasteiger partial charge in [0.05, 0.1) is 40.6 Å². The first kappa shape index (κ1) is 48.8. The van der Waals surface area contributed by atoms with Crippen LogP contribution < -0.4 is 28.4 Å². The lowest BCUT2D eigenvalue weighted by Crippen LogP contribution is -2.44. The van der Waals surface area contributed by atoms with Gasteiger partial charge >= 0.3 is 0 Å². The number of aliphatic hydroxyl groups excluding tert-OH is 2. The first-order valence-electron chi connectivity index (χ1n) is 21.0. The Balaban J connectivity index is 1.26. The highest BCUT2D eigenvalue weighted by Gasteiger charge is 2.39. The zero-order chi connectivity index (χ0) is 44.6. The number of hydrogen-bond donors (Lipinski definition) is 2. The van der Waals surface area contributed by atoms with Crippen LogP contribution in [0, 0.1) is 0 Å². The maximum absolute atomic E-state index is 13.1. The summed E-state index contributed by atoms with van der Waals surface area (Å²) in [5, 5.41) is 21.9. The van der Waals surface area contributed by atoms with Gasteiger partial charge in [-0.1, -0.05) is 57.2 Å². The largest absolute Gasteiger partial charge is 0.493 e. The first-order chi connectivity index (χ1) is 29.0. The summed E-state index contributed by atoms with van der Waals surface area (Å²) in [4.78, 5) is 26.3. The van der Waals surface area contributed by atoms with Crippen molar-refractivity contribution in [3.63, 3.8) is 0 Å². The fraction of sp³-hybridized carbons (Fsp3) is 0.469. The number of ketones is 2. The van der Waals surface area contributed by atoms with Gasteiger partial charge in [0.1, 0.15) is 24.7 Å². The molecule has 4 aromatic rings. The summed E-state index contributed by atoms with van der Waals surface area (Å²) >= 11 is 0. The molecule has 0 unspecified atom stereocenters. The molecule has 0 spiro atoms. The van der Waals surface area contributed by atoms with Gasteiger partial charge in [-0.2, -0.15) is 0 Å². The molecule has 2 atom stereocenters. The number of aryl methyl sites for hydroxylation is 2. The van der Waals surface area contributed by atoms with E-state index in [1.807, 2.05) is 60.7 Å². The minimum Gasteiger partial charge on any atom is -0.493 e. The lowest BCUT2D eigenvalue weighted by atomic mass is 10.0. The van der Waals surface area contributed by atoms with Gasteiger partial charge in [-0.15, -0.1) is 0 Å². The van der Waals surface area contributed by atoms with E-state index in [4.69, 9.17) is 32.8 Å². The third-order valence-corrected chi connectivity index (χ3v) is 15.9. The number of carbonyl (C=O) groups excluding carboxylic acids is 2. The van der Waals surface area contributed by atoms with Crippen LogP contribution in [0.1, 0.15) is 93.8 Å². The SMILES string of the molecule is COc1ccc(CC[C@@H](O)c2cccc(OCC(=O)CCC(CCC(=O)COc3cccc([C@H](O)CCc4ccc(OC)c(OC)c4)c3)O[Si](C)(C)C(C)(C)C)c2)cc1OC. The second-order valence-electron chi connectivity index (χ2n) is 16.9. The van der Waals surface area contributed by atoms with Gasteiger partial charge in [-0.05, 0) is 127 Å². The van der Waals surface area contributed by atoms with Gasteiger partial charge < -0.3 is 43.1 Å². The van der Waals surface area contributed by atoms with Crippen molar-refractivity contribution >= 4 is 19.9 Å². The van der Waals surface area contributed by atoms with Crippen LogP contribution >= 0.6 is 0 Å². The fourth-order valence-electron chi connectivity index (χ4n) is 6.61. The molecule has 2 N–H and O–H groups in total. The Morgan fingerprint density at radius 3 is 1.36 bits per heavy atom. The van der Waals surface area contributed by atoms with Crippen molar-refractivity contribution in [2.75, 3.05) is 41.7 Å². The molecule has 12 heteroatoms. The highest BCUT2D eigenvalue weighted by atomic mass is 28.4. The number of Topliss-reactive ketones (excluding diaryl/α,β-unsaturated/α-hetero) is 2. The topological polar surface area (TPSA) is 139 Å². The maximum Gasteiger partial charge on any atom is 0.192 e. The van der Waals surface area contributed by atoms with Crippen molar-refractivity contribution in [2.45, 2.75) is 109 Å². The quantitative estimate of drug-likeness (QED) is 0.0584. The molecule has 4 rings (SSSR count). The molecule has 11 nitrogen and oxygen atoms in total. The fourth-order valence-corrected chi connectivity index (χ4v) is 8.03. The lowest BCUT2D eigenvalue weighted by Gasteiger charge is -2.39. The average Bonchev–Trinajstić information content (AvgIpc) is 3.26. The van der Waals surface area contributed by atoms with Crippen LogP contribution in [-0.4, -0.2) is 77.9 Å². The molecule has 0 bridgehead atoms. The maximum atomic E-state index is 13.1. The van der Waals surface area contributed by atoms with Crippen LogP contribution in [-0.2, 0) is 26.9 Å². The molecule has 61 heavy (non-hydrogen) atoms. The number of rotatable bonds is 26. The zero-order valence-electron chi connectivity index (χ0n) is 37.5. The van der Waals surface area contributed by atoms with E-state index in [-0.39, 0.29) is 48.8 Å². The van der Waals surface area contributed by atoms with Crippen molar-refractivity contribution in [1.82, 2.24) is 0 Å². The molecule has 0 aliphatic carbocycles. The van der Waals surface area contributed by atoms with E-state index < -0.39 is 20.5 Å². The van der Waals surface area contributed by atoms with E-state index in [0.717, 1.165) is 11.1 Å². The average molecular weight is 859 g/mol. The predicted molar refractivity (Wildman–Crippen MR) is 240 cm³/mol. The van der Waals surface area contributed by atoms with Gasteiger partial charge in [-0.3, -0.25) is 9.59 Å². The molecular formula is C49H66O11Si. The molecule has 0 aromatic heterocycles. The summed E-state index contributed by atoms with van der Waals surface area (Å²) in [6.07, 6.45) is 1.89. The number of methoxy groups -OCH3 is 4. The first-order valence-corrected chi connectivity index (χ1v) is 23.9. The molecule has 4 aromatic carbocycles. The number of hydrogen-bond acceptors (Lipinski definition) is 11. The molecule has 0 saturated carbocycles. The Labute approximate surface area is 363 Å². The summed E-state index contributed by atoms with van der Waals surface area (Å²) < 4.78 is 40.0. The van der Waals surface area contributed by atoms with Crippen molar-refractivity contribution < 1.29 is 52.6 Å². The highest BCUT2D eigenvalue weighted by Crippen LogP contribution is 2.38. The van der Waals surface area contributed by atoms with Crippen LogP contribution in [0.2, 0.25) is 18.1 Å². The third kappa shape index (κ3) is 15.2. The van der Waals surface area contributed by atoms with E-state index >= 15 is 0 Å². The summed E-state index contributed by atoms with van der Waals surface area (Å²) in [6.45, 7) is 10.6. The third-order valence-electron chi connectivity index (χ3n) is 11.4. The summed E-state index contributed by atoms with van der Waals surface area (Å²) in [6, 6.07) is 25.8. The molecule has 0 heterocycles. The number of ether oxygens (including phenoxy) is 6. The van der Waals surface area contributed by atoms with Crippen molar-refractivity contribution in [3.05, 3.63) is 107 Å². The highest BCUT2D eigenvalue weighted by molar-refractivity contribution is 6.74. The second kappa shape index (κ2) is 23.4. The zero-order valence-corrected chi connectivity index (χ0v) is 38.5. The standard InChI is InChI=1S/C49H66O11Si/c1-49(2,3)61(8,9)60-40(22-20-38(50)32-58-41-14-10-12-36(30-41)43(52)24-16-34-18-26-45(54-4)47(28-34)56-6)23-21-39(51)33-59-42-15-11-13-37(31-42)44(53)25-17-35-19-27-46(55-5)48(29-35)57-7/h10-15,18-19,26-31,40,43-44,52-53H,16-17,20-25,32-33H2,1-9H3/t43-,44-/m1/s1. The van der Waals surface area contributed by atoms with E-state index in [2.05, 4.69) is 33.9 Å². The second-order valence-corrected chi connectivity index (χ2v) is 21.6. The van der Waals surface area contributed by atoms with Crippen LogP contribution in [0.15, 0.2) is 84.9 Å². The van der Waals surface area contributed by atoms with Gasteiger partial charge in [-0.25, -0.2) is 0 Å². The number of benzene rings is 4. The minimum atomic E-state index is -2.22. The summed E-state index contributed by atoms with van der Waals surface area (Å²) in [5.74, 6) is 3.43. The smallest absolute Gasteiger partial charge is 0.192 e. The molecule has 332 valence electrons. The molecule has 0 radical (unpaired) electrons. The van der Waals surface area contributed by atoms with E-state index in [9.17, 15) is 19.8 Å². The van der Waals surface area contributed by atoms with Gasteiger partial charge in [0, 0.05) is 18.9 Å². The Bertz CT molecular complexity index is 1880.